The van der Waals surface area contributed by atoms with E-state index in [9.17, 15) is 9.90 Å². The number of fused-ring (bicyclic) bond motifs is 1. The van der Waals surface area contributed by atoms with E-state index < -0.39 is 6.10 Å². The van der Waals surface area contributed by atoms with Gasteiger partial charge in [-0.25, -0.2) is 0 Å². The van der Waals surface area contributed by atoms with Crippen LogP contribution in [0.15, 0.2) is 30.6 Å². The summed E-state index contributed by atoms with van der Waals surface area (Å²) in [7, 11) is 1.66. The van der Waals surface area contributed by atoms with E-state index >= 15 is 0 Å². The Morgan fingerprint density at radius 2 is 2.00 bits per heavy atom. The normalized spacial score (nSPS) is 12.4. The summed E-state index contributed by atoms with van der Waals surface area (Å²) >= 11 is 0. The second-order valence-corrected chi connectivity index (χ2v) is 4.29. The molecular weight excluding hydrogens is 230 g/mol. The Labute approximate surface area is 105 Å². The highest BCUT2D eigenvalue weighted by molar-refractivity contribution is 5.97. The lowest BCUT2D eigenvalue weighted by Gasteiger charge is -2.18. The fourth-order valence-corrected chi connectivity index (χ4v) is 1.80. The van der Waals surface area contributed by atoms with E-state index in [-0.39, 0.29) is 5.91 Å². The lowest BCUT2D eigenvalue weighted by Crippen LogP contribution is -2.33. The summed E-state index contributed by atoms with van der Waals surface area (Å²) in [4.78, 5) is 21.9. The van der Waals surface area contributed by atoms with E-state index in [0.29, 0.717) is 17.6 Å². The van der Waals surface area contributed by atoms with Crippen molar-refractivity contribution in [1.29, 1.82) is 0 Å². The topological polar surface area (TPSA) is 66.3 Å². The van der Waals surface area contributed by atoms with Gasteiger partial charge in [-0.05, 0) is 25.1 Å². The third-order valence-corrected chi connectivity index (χ3v) is 2.60. The molecule has 5 heteroatoms. The molecule has 0 aliphatic rings. The van der Waals surface area contributed by atoms with E-state index in [4.69, 9.17) is 0 Å². The third-order valence-electron chi connectivity index (χ3n) is 2.60. The predicted octanol–water partition coefficient (Wildman–Crippen LogP) is 1.08. The molecule has 1 unspecified atom stereocenters. The first-order valence-corrected chi connectivity index (χ1v) is 5.72. The van der Waals surface area contributed by atoms with Crippen LogP contribution in [0.25, 0.3) is 11.0 Å². The Bertz CT molecular complexity index is 569. The van der Waals surface area contributed by atoms with Crippen LogP contribution in [0.5, 0.6) is 0 Å². The highest BCUT2D eigenvalue weighted by atomic mass is 16.3. The highest BCUT2D eigenvalue weighted by Gasteiger charge is 2.13. The molecule has 0 radical (unpaired) electrons. The molecule has 1 N–H and O–H groups in total. The van der Waals surface area contributed by atoms with Crippen LogP contribution in [-0.2, 0) is 0 Å². The van der Waals surface area contributed by atoms with Crippen LogP contribution in [-0.4, -0.2) is 45.6 Å². The van der Waals surface area contributed by atoms with Crippen LogP contribution >= 0.6 is 0 Å². The first kappa shape index (κ1) is 12.4. The quantitative estimate of drug-likeness (QED) is 0.878. The third kappa shape index (κ3) is 2.62. The van der Waals surface area contributed by atoms with Gasteiger partial charge in [0, 0.05) is 31.5 Å². The van der Waals surface area contributed by atoms with Crippen molar-refractivity contribution in [3.8, 4) is 0 Å². The van der Waals surface area contributed by atoms with Gasteiger partial charge in [0.05, 0.1) is 17.1 Å². The Kier molecular flexibility index (Phi) is 3.53. The van der Waals surface area contributed by atoms with Gasteiger partial charge in [-0.15, -0.1) is 0 Å². The molecule has 1 aromatic heterocycles. The fourth-order valence-electron chi connectivity index (χ4n) is 1.80. The number of amides is 1. The van der Waals surface area contributed by atoms with Crippen LogP contribution in [0.4, 0.5) is 0 Å². The van der Waals surface area contributed by atoms with Crippen molar-refractivity contribution in [2.75, 3.05) is 13.6 Å². The average Bonchev–Trinajstić information content (AvgIpc) is 2.36. The molecule has 0 bridgehead atoms. The number of likely N-dealkylation sites (N-methyl/N-ethyl adjacent to an activating group) is 1. The molecule has 0 aliphatic heterocycles. The largest absolute Gasteiger partial charge is 0.392 e. The monoisotopic (exact) mass is 245 g/mol. The van der Waals surface area contributed by atoms with Crippen LogP contribution in [0.1, 0.15) is 17.3 Å². The number of hydrogen-bond acceptors (Lipinski definition) is 4. The van der Waals surface area contributed by atoms with Gasteiger partial charge < -0.3 is 10.0 Å². The van der Waals surface area contributed by atoms with Crippen molar-refractivity contribution in [2.24, 2.45) is 0 Å². The fraction of sp³-hybridized carbons (Fsp3) is 0.308. The Morgan fingerprint density at radius 3 is 2.67 bits per heavy atom. The van der Waals surface area contributed by atoms with Crippen molar-refractivity contribution in [1.82, 2.24) is 14.9 Å². The summed E-state index contributed by atoms with van der Waals surface area (Å²) in [6.07, 6.45) is 2.67. The molecule has 1 aromatic carbocycles. The van der Waals surface area contributed by atoms with Crippen molar-refractivity contribution in [3.63, 3.8) is 0 Å². The van der Waals surface area contributed by atoms with Gasteiger partial charge >= 0.3 is 0 Å². The van der Waals surface area contributed by atoms with Crippen molar-refractivity contribution >= 4 is 16.9 Å². The van der Waals surface area contributed by atoms with Gasteiger partial charge in [0.15, 0.2) is 0 Å². The number of aromatic nitrogens is 2. The molecule has 1 heterocycles. The van der Waals surface area contributed by atoms with Crippen molar-refractivity contribution in [3.05, 3.63) is 36.2 Å². The van der Waals surface area contributed by atoms with Crippen LogP contribution in [0, 0.1) is 0 Å². The highest BCUT2D eigenvalue weighted by Crippen LogP contribution is 2.12. The number of benzene rings is 1. The molecule has 0 saturated heterocycles. The molecule has 0 aliphatic carbocycles. The molecule has 94 valence electrons. The Morgan fingerprint density at radius 1 is 1.33 bits per heavy atom. The van der Waals surface area contributed by atoms with E-state index in [0.717, 1.165) is 5.52 Å². The van der Waals surface area contributed by atoms with Gasteiger partial charge in [0.25, 0.3) is 5.91 Å². The van der Waals surface area contributed by atoms with E-state index in [1.807, 2.05) is 0 Å². The summed E-state index contributed by atoms with van der Waals surface area (Å²) in [5, 5.41) is 9.27. The molecule has 0 fully saturated rings. The van der Waals surface area contributed by atoms with Crippen LogP contribution < -0.4 is 0 Å². The molecule has 0 spiro atoms. The summed E-state index contributed by atoms with van der Waals surface area (Å²) in [5.74, 6) is -0.136. The van der Waals surface area contributed by atoms with Gasteiger partial charge in [0.2, 0.25) is 0 Å². The van der Waals surface area contributed by atoms with Gasteiger partial charge in [-0.2, -0.15) is 0 Å². The smallest absolute Gasteiger partial charge is 0.253 e. The molecule has 0 saturated carbocycles. The number of carbonyl (C=O) groups excluding carboxylic acids is 1. The van der Waals surface area contributed by atoms with E-state index in [1.165, 1.54) is 4.90 Å². The number of carbonyl (C=O) groups is 1. The Hall–Kier alpha value is -2.01. The molecule has 1 atom stereocenters. The summed E-state index contributed by atoms with van der Waals surface area (Å²) in [6, 6.07) is 5.20. The van der Waals surface area contributed by atoms with E-state index in [1.54, 1.807) is 44.6 Å². The second kappa shape index (κ2) is 5.10. The number of aliphatic hydroxyl groups excluding tert-OH is 1. The molecule has 1 amide bonds. The minimum atomic E-state index is -0.542. The zero-order valence-corrected chi connectivity index (χ0v) is 10.4. The van der Waals surface area contributed by atoms with Crippen LogP contribution in [0.3, 0.4) is 0 Å². The number of rotatable bonds is 3. The Balaban J connectivity index is 2.28. The lowest BCUT2D eigenvalue weighted by molar-refractivity contribution is 0.0704. The molecular formula is C13H15N3O2. The maximum absolute atomic E-state index is 12.1. The van der Waals surface area contributed by atoms with Crippen molar-refractivity contribution in [2.45, 2.75) is 13.0 Å². The summed E-state index contributed by atoms with van der Waals surface area (Å²) < 4.78 is 0. The average molecular weight is 245 g/mol. The molecule has 5 nitrogen and oxygen atoms in total. The second-order valence-electron chi connectivity index (χ2n) is 4.29. The van der Waals surface area contributed by atoms with Gasteiger partial charge in [-0.3, -0.25) is 14.8 Å². The standard InChI is InChI=1S/C13H15N3O2/c1-9(17)8-16(2)13(18)10-3-4-11-12(7-10)15-6-5-14-11/h3-7,9,17H,8H2,1-2H3. The number of nitrogens with zero attached hydrogens (tertiary/aromatic N) is 3. The summed E-state index contributed by atoms with van der Waals surface area (Å²) in [6.45, 7) is 1.95. The minimum absolute atomic E-state index is 0.136. The lowest BCUT2D eigenvalue weighted by atomic mass is 10.1. The first-order chi connectivity index (χ1) is 8.58. The minimum Gasteiger partial charge on any atom is -0.392 e. The zero-order chi connectivity index (χ0) is 13.1. The van der Waals surface area contributed by atoms with Gasteiger partial charge in [-0.1, -0.05) is 0 Å². The summed E-state index contributed by atoms with van der Waals surface area (Å²) in [5.41, 5.74) is 1.99. The number of aliphatic hydroxyl groups is 1. The van der Waals surface area contributed by atoms with Gasteiger partial charge in [0.1, 0.15) is 0 Å². The van der Waals surface area contributed by atoms with Crippen LogP contribution in [0.2, 0.25) is 0 Å². The maximum Gasteiger partial charge on any atom is 0.253 e. The molecule has 18 heavy (non-hydrogen) atoms. The molecule has 2 rings (SSSR count). The zero-order valence-electron chi connectivity index (χ0n) is 10.4. The maximum atomic E-state index is 12.1. The van der Waals surface area contributed by atoms with Crippen molar-refractivity contribution < 1.29 is 9.90 Å². The predicted molar refractivity (Wildman–Crippen MR) is 68.2 cm³/mol. The number of hydrogen-bond donors (Lipinski definition) is 1. The molecule has 2 aromatic rings. The first-order valence-electron chi connectivity index (χ1n) is 5.72. The SMILES string of the molecule is CC(O)CN(C)C(=O)c1ccc2nccnc2c1. The van der Waals surface area contributed by atoms with E-state index in [2.05, 4.69) is 9.97 Å².